The van der Waals surface area contributed by atoms with E-state index < -0.39 is 6.09 Å². The quantitative estimate of drug-likeness (QED) is 0.519. The number of allylic oxidation sites excluding steroid dienone is 4. The van der Waals surface area contributed by atoms with Gasteiger partial charge in [-0.1, -0.05) is 35.3 Å². The van der Waals surface area contributed by atoms with Crippen LogP contribution in [0, 0.1) is 5.92 Å². The molecule has 2 amide bonds. The van der Waals surface area contributed by atoms with Gasteiger partial charge < -0.3 is 20.1 Å². The van der Waals surface area contributed by atoms with E-state index in [9.17, 15) is 9.59 Å². The fraction of sp³-hybridized carbons (Fsp3) is 0.259. The van der Waals surface area contributed by atoms with Gasteiger partial charge in [0.1, 0.15) is 18.4 Å². The van der Waals surface area contributed by atoms with Crippen molar-refractivity contribution in [3.05, 3.63) is 93.3 Å². The average molecular weight is 526 g/mol. The summed E-state index contributed by atoms with van der Waals surface area (Å²) in [4.78, 5) is 27.0. The number of nitrogens with one attached hydrogen (secondary N) is 2. The summed E-state index contributed by atoms with van der Waals surface area (Å²) in [6.07, 6.45) is 4.93. The van der Waals surface area contributed by atoms with Crippen LogP contribution >= 0.6 is 23.2 Å². The number of rotatable bonds is 5. The van der Waals surface area contributed by atoms with E-state index in [2.05, 4.69) is 10.6 Å². The Morgan fingerprint density at radius 1 is 1.08 bits per heavy atom. The lowest BCUT2D eigenvalue weighted by Gasteiger charge is -2.37. The molecule has 0 spiro atoms. The van der Waals surface area contributed by atoms with E-state index in [4.69, 9.17) is 32.7 Å². The number of hydrogen-bond acceptors (Lipinski definition) is 5. The Morgan fingerprint density at radius 2 is 1.83 bits per heavy atom. The van der Waals surface area contributed by atoms with E-state index in [1.807, 2.05) is 36.4 Å². The van der Waals surface area contributed by atoms with Crippen molar-refractivity contribution in [1.29, 1.82) is 0 Å². The highest BCUT2D eigenvalue weighted by Gasteiger charge is 2.42. The molecule has 5 rings (SSSR count). The highest BCUT2D eigenvalue weighted by atomic mass is 35.5. The first-order chi connectivity index (χ1) is 17.4. The third-order valence-corrected chi connectivity index (χ3v) is 7.04. The largest absolute Gasteiger partial charge is 0.416 e. The number of amides is 2. The minimum absolute atomic E-state index is 0.0258. The van der Waals surface area contributed by atoms with Crippen LogP contribution in [0.15, 0.2) is 82.7 Å². The zero-order chi connectivity index (χ0) is 25.2. The van der Waals surface area contributed by atoms with Crippen LogP contribution in [0.4, 0.5) is 10.5 Å². The minimum Gasteiger partial charge on any atom is -0.410 e. The molecule has 36 heavy (non-hydrogen) atoms. The summed E-state index contributed by atoms with van der Waals surface area (Å²) in [5, 5.41) is 7.75. The number of halogens is 2. The molecular formula is C27H25Cl2N3O4. The minimum atomic E-state index is -0.451. The molecule has 0 saturated heterocycles. The first-order valence-electron chi connectivity index (χ1n) is 11.6. The van der Waals surface area contributed by atoms with Crippen molar-refractivity contribution in [2.75, 3.05) is 25.6 Å². The standard InChI is InChI=1S/C27H25Cl2N3O4/c1-35-15-24(33)30-19-7-2-16(3-8-19)26-25-21(22-14-18(29)6-11-23(22)31-25)12-13-32(26)27(34)36-20-9-4-17(28)5-10-20/h2-11,22,26,31H,12-15H2,1H3,(H,30,33). The molecule has 2 aromatic rings. The van der Waals surface area contributed by atoms with Gasteiger partial charge in [-0.15, -0.1) is 0 Å². The van der Waals surface area contributed by atoms with Crippen molar-refractivity contribution in [1.82, 2.24) is 10.2 Å². The fourth-order valence-corrected chi connectivity index (χ4v) is 5.24. The average Bonchev–Trinajstić information content (AvgIpc) is 3.23. The molecule has 2 aliphatic heterocycles. The van der Waals surface area contributed by atoms with Gasteiger partial charge >= 0.3 is 6.09 Å². The van der Waals surface area contributed by atoms with Gasteiger partial charge in [-0.3, -0.25) is 9.69 Å². The Balaban J connectivity index is 1.46. The van der Waals surface area contributed by atoms with Crippen LogP contribution in [0.2, 0.25) is 5.02 Å². The Morgan fingerprint density at radius 3 is 2.56 bits per heavy atom. The number of carbonyl (C=O) groups is 2. The van der Waals surface area contributed by atoms with E-state index in [1.165, 1.54) is 12.7 Å². The Labute approximate surface area is 219 Å². The topological polar surface area (TPSA) is 79.9 Å². The first-order valence-corrected chi connectivity index (χ1v) is 12.4. The van der Waals surface area contributed by atoms with Crippen LogP contribution < -0.4 is 15.4 Å². The second-order valence-corrected chi connectivity index (χ2v) is 9.75. The summed E-state index contributed by atoms with van der Waals surface area (Å²) >= 11 is 12.3. The van der Waals surface area contributed by atoms with Gasteiger partial charge in [-0.2, -0.15) is 0 Å². The summed E-state index contributed by atoms with van der Waals surface area (Å²) in [7, 11) is 1.47. The lowest BCUT2D eigenvalue weighted by molar-refractivity contribution is -0.119. The monoisotopic (exact) mass is 525 g/mol. The molecule has 0 aromatic heterocycles. The van der Waals surface area contributed by atoms with Gasteiger partial charge in [0.2, 0.25) is 5.91 Å². The molecule has 1 aliphatic carbocycles. The Hall–Kier alpha value is -3.26. The number of methoxy groups -OCH3 is 1. The predicted molar refractivity (Wildman–Crippen MR) is 139 cm³/mol. The van der Waals surface area contributed by atoms with Crippen LogP contribution in [0.3, 0.4) is 0 Å². The smallest absolute Gasteiger partial charge is 0.410 e. The van der Waals surface area contributed by atoms with E-state index in [0.29, 0.717) is 29.4 Å². The zero-order valence-corrected chi connectivity index (χ0v) is 21.1. The summed E-state index contributed by atoms with van der Waals surface area (Å²) in [5.74, 6) is 0.367. The maximum atomic E-state index is 13.4. The molecule has 0 saturated carbocycles. The highest BCUT2D eigenvalue weighted by molar-refractivity contribution is 6.30. The maximum absolute atomic E-state index is 13.4. The van der Waals surface area contributed by atoms with Gasteiger partial charge in [0.25, 0.3) is 0 Å². The zero-order valence-electron chi connectivity index (χ0n) is 19.6. The van der Waals surface area contributed by atoms with Crippen LogP contribution in [0.1, 0.15) is 24.4 Å². The van der Waals surface area contributed by atoms with Crippen molar-refractivity contribution in [2.45, 2.75) is 18.9 Å². The molecule has 2 unspecified atom stereocenters. The van der Waals surface area contributed by atoms with Gasteiger partial charge in [-0.25, -0.2) is 4.79 Å². The predicted octanol–water partition coefficient (Wildman–Crippen LogP) is 5.75. The lowest BCUT2D eigenvalue weighted by atomic mass is 9.85. The molecule has 2 aromatic carbocycles. The fourth-order valence-electron chi connectivity index (χ4n) is 4.89. The van der Waals surface area contributed by atoms with E-state index >= 15 is 0 Å². The summed E-state index contributed by atoms with van der Waals surface area (Å²) in [6.45, 7) is 0.469. The molecule has 2 atom stereocenters. The maximum Gasteiger partial charge on any atom is 0.416 e. The lowest BCUT2D eigenvalue weighted by Crippen LogP contribution is -2.42. The number of hydrogen-bond donors (Lipinski definition) is 2. The van der Waals surface area contributed by atoms with Crippen molar-refractivity contribution in [2.24, 2.45) is 5.92 Å². The number of nitrogens with zero attached hydrogens (tertiary/aromatic N) is 1. The van der Waals surface area contributed by atoms with Gasteiger partial charge in [0, 0.05) is 46.7 Å². The number of carbonyl (C=O) groups excluding carboxylic acids is 2. The van der Waals surface area contributed by atoms with Crippen molar-refractivity contribution < 1.29 is 19.1 Å². The summed E-state index contributed by atoms with van der Waals surface area (Å²) in [6, 6.07) is 13.8. The van der Waals surface area contributed by atoms with Crippen LogP contribution in [0.25, 0.3) is 0 Å². The first kappa shape index (κ1) is 24.4. The van der Waals surface area contributed by atoms with Crippen LogP contribution in [-0.2, 0) is 9.53 Å². The Kier molecular flexibility index (Phi) is 7.05. The third kappa shape index (κ3) is 5.00. The van der Waals surface area contributed by atoms with Crippen molar-refractivity contribution in [3.63, 3.8) is 0 Å². The molecule has 7 nitrogen and oxygen atoms in total. The SMILES string of the molecule is COCC(=O)Nc1ccc(C2C3=C(CCN2C(=O)Oc2ccc(Cl)cc2)C2CC(Cl)=CC=C2N3)cc1. The molecule has 9 heteroatoms. The molecule has 0 radical (unpaired) electrons. The third-order valence-electron chi connectivity index (χ3n) is 6.51. The molecule has 2 N–H and O–H groups in total. The normalized spacial score (nSPS) is 20.6. The molecule has 3 aliphatic rings. The van der Waals surface area contributed by atoms with Gasteiger partial charge in [-0.05, 0) is 72.5 Å². The van der Waals surface area contributed by atoms with Crippen molar-refractivity contribution in [3.8, 4) is 5.75 Å². The number of fused-ring (bicyclic) bond motifs is 2. The molecule has 2 heterocycles. The van der Waals surface area contributed by atoms with E-state index in [1.54, 1.807) is 29.2 Å². The van der Waals surface area contributed by atoms with Crippen LogP contribution in [-0.4, -0.2) is 37.2 Å². The van der Waals surface area contributed by atoms with E-state index in [0.717, 1.165) is 28.4 Å². The summed E-state index contributed by atoms with van der Waals surface area (Å²) in [5.41, 5.74) is 4.86. The highest BCUT2D eigenvalue weighted by Crippen LogP contribution is 2.47. The molecular weight excluding hydrogens is 501 g/mol. The second-order valence-electron chi connectivity index (χ2n) is 8.83. The summed E-state index contributed by atoms with van der Waals surface area (Å²) < 4.78 is 10.6. The number of anilines is 1. The Bertz CT molecular complexity index is 1270. The number of benzene rings is 2. The van der Waals surface area contributed by atoms with Crippen molar-refractivity contribution >= 4 is 40.9 Å². The molecule has 0 bridgehead atoms. The van der Waals surface area contributed by atoms with E-state index in [-0.39, 0.29) is 24.5 Å². The second kappa shape index (κ2) is 10.4. The van der Waals surface area contributed by atoms with Crippen LogP contribution in [0.5, 0.6) is 5.75 Å². The molecule has 0 fully saturated rings. The number of ether oxygens (including phenoxy) is 2. The van der Waals surface area contributed by atoms with Gasteiger partial charge in [0.15, 0.2) is 0 Å². The van der Waals surface area contributed by atoms with Gasteiger partial charge in [0.05, 0.1) is 0 Å². The molecule has 186 valence electrons.